The number of halogens is 1. The van der Waals surface area contributed by atoms with Gasteiger partial charge in [0.05, 0.1) is 11.3 Å². The Morgan fingerprint density at radius 3 is 2.52 bits per heavy atom. The van der Waals surface area contributed by atoms with Crippen molar-refractivity contribution in [1.82, 2.24) is 0 Å². The highest BCUT2D eigenvalue weighted by molar-refractivity contribution is 9.10. The normalized spacial score (nSPS) is 11.2. The highest BCUT2D eigenvalue weighted by Gasteiger charge is 2.17. The second-order valence-corrected chi connectivity index (χ2v) is 6.86. The maximum absolute atomic E-state index is 12.3. The number of carbonyl (C=O) groups is 1. The van der Waals surface area contributed by atoms with E-state index in [1.807, 2.05) is 13.0 Å². The fraction of sp³-hybridized carbons (Fsp3) is 0.0714. The van der Waals surface area contributed by atoms with Crippen LogP contribution >= 0.6 is 15.9 Å². The summed E-state index contributed by atoms with van der Waals surface area (Å²) in [6.07, 6.45) is 0. The Kier molecular flexibility index (Phi) is 4.46. The minimum absolute atomic E-state index is 0.123. The quantitative estimate of drug-likeness (QED) is 0.872. The third-order valence-corrected chi connectivity index (χ3v) is 4.47. The molecule has 0 unspecified atom stereocenters. The van der Waals surface area contributed by atoms with Crippen LogP contribution in [0.1, 0.15) is 15.9 Å². The van der Waals surface area contributed by atoms with Gasteiger partial charge in [-0.1, -0.05) is 23.8 Å². The number of amides is 1. The molecular weight excluding hydrogens is 356 g/mol. The molecule has 0 saturated heterocycles. The molecule has 2 aromatic rings. The van der Waals surface area contributed by atoms with Gasteiger partial charge in [-0.2, -0.15) is 0 Å². The molecule has 3 N–H and O–H groups in total. The lowest BCUT2D eigenvalue weighted by Gasteiger charge is -2.11. The molecule has 0 bridgehead atoms. The minimum Gasteiger partial charge on any atom is -0.321 e. The second kappa shape index (κ2) is 5.97. The van der Waals surface area contributed by atoms with Gasteiger partial charge >= 0.3 is 0 Å². The Morgan fingerprint density at radius 2 is 1.86 bits per heavy atom. The van der Waals surface area contributed by atoms with Gasteiger partial charge in [0, 0.05) is 4.47 Å². The van der Waals surface area contributed by atoms with Crippen LogP contribution in [0.2, 0.25) is 0 Å². The number of sulfonamides is 1. The summed E-state index contributed by atoms with van der Waals surface area (Å²) >= 11 is 3.30. The van der Waals surface area contributed by atoms with E-state index in [-0.39, 0.29) is 10.6 Å². The van der Waals surface area contributed by atoms with E-state index in [0.29, 0.717) is 10.0 Å². The molecule has 0 aliphatic carbocycles. The van der Waals surface area contributed by atoms with Crippen LogP contribution in [0.5, 0.6) is 0 Å². The first-order valence-electron chi connectivity index (χ1n) is 5.98. The number of benzene rings is 2. The SMILES string of the molecule is Cc1ccc(Br)c(C(=O)Nc2ccccc2S(N)(=O)=O)c1. The molecule has 5 nitrogen and oxygen atoms in total. The zero-order chi connectivity index (χ0) is 15.6. The molecule has 0 aliphatic heterocycles. The predicted octanol–water partition coefficient (Wildman–Crippen LogP) is 2.66. The molecule has 110 valence electrons. The number of nitrogens with one attached hydrogen (secondary N) is 1. The molecule has 0 spiro atoms. The van der Waals surface area contributed by atoms with Crippen molar-refractivity contribution in [2.45, 2.75) is 11.8 Å². The summed E-state index contributed by atoms with van der Waals surface area (Å²) in [5.41, 5.74) is 1.49. The Labute approximate surface area is 131 Å². The van der Waals surface area contributed by atoms with Gasteiger partial charge in [0.15, 0.2) is 0 Å². The van der Waals surface area contributed by atoms with Gasteiger partial charge in [-0.25, -0.2) is 13.6 Å². The van der Waals surface area contributed by atoms with Gasteiger partial charge in [-0.05, 0) is 47.1 Å². The van der Waals surface area contributed by atoms with Crippen molar-refractivity contribution in [1.29, 1.82) is 0 Å². The first-order valence-corrected chi connectivity index (χ1v) is 8.32. The first kappa shape index (κ1) is 15.7. The third kappa shape index (κ3) is 3.69. The van der Waals surface area contributed by atoms with E-state index in [0.717, 1.165) is 5.56 Å². The maximum Gasteiger partial charge on any atom is 0.256 e. The number of anilines is 1. The lowest BCUT2D eigenvalue weighted by Crippen LogP contribution is -2.18. The van der Waals surface area contributed by atoms with Crippen molar-refractivity contribution in [2.24, 2.45) is 5.14 Å². The molecular formula is C14H13BrN2O3S. The predicted molar refractivity (Wildman–Crippen MR) is 84.6 cm³/mol. The van der Waals surface area contributed by atoms with Crippen molar-refractivity contribution < 1.29 is 13.2 Å². The number of hydrogen-bond donors (Lipinski definition) is 2. The van der Waals surface area contributed by atoms with Crippen LogP contribution in [0.25, 0.3) is 0 Å². The Bertz CT molecular complexity index is 804. The number of rotatable bonds is 3. The molecule has 0 radical (unpaired) electrons. The van der Waals surface area contributed by atoms with Crippen LogP contribution in [0.15, 0.2) is 51.8 Å². The topological polar surface area (TPSA) is 89.3 Å². The number of para-hydroxylation sites is 1. The molecule has 21 heavy (non-hydrogen) atoms. The standard InChI is InChI=1S/C14H13BrN2O3S/c1-9-6-7-11(15)10(8-9)14(18)17-12-4-2-3-5-13(12)21(16,19)20/h2-8H,1H3,(H,17,18)(H2,16,19,20). The van der Waals surface area contributed by atoms with Gasteiger partial charge in [0.25, 0.3) is 5.91 Å². The number of aryl methyl sites for hydroxylation is 1. The molecule has 0 heterocycles. The van der Waals surface area contributed by atoms with Crippen LogP contribution in [0, 0.1) is 6.92 Å². The van der Waals surface area contributed by atoms with E-state index >= 15 is 0 Å². The molecule has 2 aromatic carbocycles. The number of nitrogens with two attached hydrogens (primary N) is 1. The van der Waals surface area contributed by atoms with Crippen LogP contribution in [0.3, 0.4) is 0 Å². The van der Waals surface area contributed by atoms with Crippen molar-refractivity contribution >= 4 is 37.5 Å². The summed E-state index contributed by atoms with van der Waals surface area (Å²) in [7, 11) is -3.91. The highest BCUT2D eigenvalue weighted by atomic mass is 79.9. The van der Waals surface area contributed by atoms with Crippen LogP contribution < -0.4 is 10.5 Å². The number of primary sulfonamides is 1. The average Bonchev–Trinajstić information content (AvgIpc) is 2.41. The maximum atomic E-state index is 12.3. The smallest absolute Gasteiger partial charge is 0.256 e. The van der Waals surface area contributed by atoms with Gasteiger partial charge in [0.2, 0.25) is 10.0 Å². The summed E-state index contributed by atoms with van der Waals surface area (Å²) < 4.78 is 23.6. The van der Waals surface area contributed by atoms with E-state index in [1.165, 1.54) is 18.2 Å². The van der Waals surface area contributed by atoms with E-state index in [9.17, 15) is 13.2 Å². The average molecular weight is 369 g/mol. The fourth-order valence-corrected chi connectivity index (χ4v) is 2.94. The van der Waals surface area contributed by atoms with E-state index in [4.69, 9.17) is 5.14 Å². The van der Waals surface area contributed by atoms with Crippen molar-refractivity contribution in [3.63, 3.8) is 0 Å². The van der Waals surface area contributed by atoms with Crippen LogP contribution in [-0.2, 0) is 10.0 Å². The van der Waals surface area contributed by atoms with Gasteiger partial charge < -0.3 is 5.32 Å². The van der Waals surface area contributed by atoms with E-state index < -0.39 is 15.9 Å². The van der Waals surface area contributed by atoms with E-state index in [2.05, 4.69) is 21.2 Å². The van der Waals surface area contributed by atoms with Crippen molar-refractivity contribution in [3.8, 4) is 0 Å². The zero-order valence-corrected chi connectivity index (χ0v) is 13.5. The lowest BCUT2D eigenvalue weighted by atomic mass is 10.1. The monoisotopic (exact) mass is 368 g/mol. The van der Waals surface area contributed by atoms with Crippen molar-refractivity contribution in [2.75, 3.05) is 5.32 Å². The fourth-order valence-electron chi connectivity index (χ4n) is 1.82. The molecule has 0 saturated carbocycles. The summed E-state index contributed by atoms with van der Waals surface area (Å²) in [5, 5.41) is 7.71. The molecule has 2 rings (SSSR count). The minimum atomic E-state index is -3.91. The lowest BCUT2D eigenvalue weighted by molar-refractivity contribution is 0.102. The van der Waals surface area contributed by atoms with Gasteiger partial charge in [-0.15, -0.1) is 0 Å². The molecule has 0 aromatic heterocycles. The molecule has 0 fully saturated rings. The second-order valence-electron chi connectivity index (χ2n) is 4.48. The highest BCUT2D eigenvalue weighted by Crippen LogP contribution is 2.23. The van der Waals surface area contributed by atoms with E-state index in [1.54, 1.807) is 18.2 Å². The largest absolute Gasteiger partial charge is 0.321 e. The summed E-state index contributed by atoms with van der Waals surface area (Å²) in [4.78, 5) is 12.2. The summed E-state index contributed by atoms with van der Waals surface area (Å²) in [5.74, 6) is -0.415. The Balaban J connectivity index is 2.39. The molecule has 7 heteroatoms. The number of carbonyl (C=O) groups excluding carboxylic acids is 1. The zero-order valence-electron chi connectivity index (χ0n) is 11.1. The Hall–Kier alpha value is -1.70. The van der Waals surface area contributed by atoms with Crippen molar-refractivity contribution in [3.05, 3.63) is 58.1 Å². The first-order chi connectivity index (χ1) is 9.79. The van der Waals surface area contributed by atoms with Gasteiger partial charge in [0.1, 0.15) is 4.90 Å². The van der Waals surface area contributed by atoms with Crippen LogP contribution in [0.4, 0.5) is 5.69 Å². The summed E-state index contributed by atoms with van der Waals surface area (Å²) in [6, 6.07) is 11.3. The molecule has 0 atom stereocenters. The number of hydrogen-bond acceptors (Lipinski definition) is 3. The van der Waals surface area contributed by atoms with Gasteiger partial charge in [-0.3, -0.25) is 4.79 Å². The van der Waals surface area contributed by atoms with Crippen LogP contribution in [-0.4, -0.2) is 14.3 Å². The Morgan fingerprint density at radius 1 is 1.19 bits per heavy atom. The molecule has 1 amide bonds. The third-order valence-electron chi connectivity index (χ3n) is 2.81. The summed E-state index contributed by atoms with van der Waals surface area (Å²) in [6.45, 7) is 1.86. The molecule has 0 aliphatic rings.